The van der Waals surface area contributed by atoms with E-state index in [1.165, 1.54) is 16.7 Å². The van der Waals surface area contributed by atoms with Crippen molar-refractivity contribution in [1.29, 1.82) is 5.41 Å². The predicted molar refractivity (Wildman–Crippen MR) is 97.1 cm³/mol. The number of rotatable bonds is 5. The summed E-state index contributed by atoms with van der Waals surface area (Å²) in [4.78, 5) is 2.51. The maximum absolute atomic E-state index is 7.55. The van der Waals surface area contributed by atoms with E-state index in [1.54, 1.807) is 6.21 Å². The Morgan fingerprint density at radius 2 is 1.48 bits per heavy atom. The van der Waals surface area contributed by atoms with Gasteiger partial charge in [0.2, 0.25) is 0 Å². The summed E-state index contributed by atoms with van der Waals surface area (Å²) in [6, 6.07) is 19.7. The average Bonchev–Trinajstić information content (AvgIpc) is 2.60. The number of hydrogen-bond acceptors (Lipinski definition) is 2. The summed E-state index contributed by atoms with van der Waals surface area (Å²) in [5.74, 6) is 0. The van der Waals surface area contributed by atoms with Crippen LogP contribution in [0.2, 0.25) is 0 Å². The molecule has 0 unspecified atom stereocenters. The number of likely N-dealkylation sites (tertiary alicyclic amines) is 1. The molecule has 1 fully saturated rings. The molecule has 0 aliphatic carbocycles. The van der Waals surface area contributed by atoms with Crippen molar-refractivity contribution >= 4 is 6.21 Å². The average molecular weight is 306 g/mol. The van der Waals surface area contributed by atoms with Gasteiger partial charge in [0.1, 0.15) is 0 Å². The van der Waals surface area contributed by atoms with Gasteiger partial charge in [0.15, 0.2) is 0 Å². The molecule has 1 aliphatic rings. The summed E-state index contributed by atoms with van der Waals surface area (Å²) in [5.41, 5.74) is 4.24. The minimum atomic E-state index is 0.121. The number of nitrogens with zero attached hydrogens (tertiary/aromatic N) is 1. The normalized spacial score (nSPS) is 17.8. The molecule has 0 saturated carbocycles. The van der Waals surface area contributed by atoms with Crippen molar-refractivity contribution in [3.05, 3.63) is 71.3 Å². The summed E-state index contributed by atoms with van der Waals surface area (Å²) >= 11 is 0. The molecule has 2 nitrogen and oxygen atoms in total. The Labute approximate surface area is 139 Å². The minimum absolute atomic E-state index is 0.121. The minimum Gasteiger partial charge on any atom is -0.313 e. The Bertz CT molecular complexity index is 623. The zero-order valence-corrected chi connectivity index (χ0v) is 14.0. The van der Waals surface area contributed by atoms with Crippen LogP contribution in [0.1, 0.15) is 36.5 Å². The van der Waals surface area contributed by atoms with Crippen molar-refractivity contribution in [2.75, 3.05) is 13.1 Å². The first-order chi connectivity index (χ1) is 11.2. The zero-order chi connectivity index (χ0) is 16.1. The van der Waals surface area contributed by atoms with Crippen LogP contribution in [0.25, 0.3) is 0 Å². The second kappa shape index (κ2) is 7.10. The quantitative estimate of drug-likeness (QED) is 0.807. The lowest BCUT2D eigenvalue weighted by Crippen LogP contribution is -2.38. The molecule has 2 aromatic carbocycles. The Morgan fingerprint density at radius 3 is 2.09 bits per heavy atom. The molecule has 1 heterocycles. The van der Waals surface area contributed by atoms with Crippen LogP contribution in [0.3, 0.4) is 0 Å². The van der Waals surface area contributed by atoms with E-state index in [4.69, 9.17) is 5.41 Å². The summed E-state index contributed by atoms with van der Waals surface area (Å²) in [6.07, 6.45) is 4.84. The van der Waals surface area contributed by atoms with Gasteiger partial charge in [-0.3, -0.25) is 4.90 Å². The fourth-order valence-corrected chi connectivity index (χ4v) is 3.22. The third-order valence-electron chi connectivity index (χ3n) is 5.03. The topological polar surface area (TPSA) is 27.1 Å². The van der Waals surface area contributed by atoms with Gasteiger partial charge in [-0.2, -0.15) is 0 Å². The third kappa shape index (κ3) is 4.29. The van der Waals surface area contributed by atoms with Gasteiger partial charge in [-0.1, -0.05) is 61.5 Å². The lowest BCUT2D eigenvalue weighted by atomic mass is 9.81. The molecule has 0 bridgehead atoms. The van der Waals surface area contributed by atoms with Crippen molar-refractivity contribution in [1.82, 2.24) is 4.90 Å². The highest BCUT2D eigenvalue weighted by Gasteiger charge is 2.27. The fourth-order valence-electron chi connectivity index (χ4n) is 3.22. The van der Waals surface area contributed by atoms with Crippen molar-refractivity contribution in [3.63, 3.8) is 0 Å². The maximum Gasteiger partial charge on any atom is 0.0233 e. The van der Waals surface area contributed by atoms with Gasteiger partial charge in [-0.15, -0.1) is 0 Å². The fraction of sp³-hybridized carbons (Fsp3) is 0.381. The van der Waals surface area contributed by atoms with Crippen LogP contribution in [-0.4, -0.2) is 24.2 Å². The van der Waals surface area contributed by atoms with E-state index in [2.05, 4.69) is 66.4 Å². The van der Waals surface area contributed by atoms with Crippen molar-refractivity contribution in [3.8, 4) is 0 Å². The molecule has 0 radical (unpaired) electrons. The molecule has 1 N–H and O–H groups in total. The van der Waals surface area contributed by atoms with E-state index in [1.807, 2.05) is 0 Å². The second-order valence-electron chi connectivity index (χ2n) is 7.05. The first-order valence-electron chi connectivity index (χ1n) is 8.53. The Kier molecular flexibility index (Phi) is 4.92. The van der Waals surface area contributed by atoms with Crippen LogP contribution in [0.5, 0.6) is 0 Å². The highest BCUT2D eigenvalue weighted by atomic mass is 15.1. The van der Waals surface area contributed by atoms with Crippen LogP contribution in [0.4, 0.5) is 0 Å². The molecule has 3 rings (SSSR count). The molecule has 0 atom stereocenters. The Balaban J connectivity index is 1.55. The predicted octanol–water partition coefficient (Wildman–Crippen LogP) is 4.53. The van der Waals surface area contributed by atoms with E-state index in [9.17, 15) is 0 Å². The molecule has 0 spiro atoms. The summed E-state index contributed by atoms with van der Waals surface area (Å²) < 4.78 is 0. The van der Waals surface area contributed by atoms with Gasteiger partial charge in [0, 0.05) is 18.2 Å². The first-order valence-corrected chi connectivity index (χ1v) is 8.53. The van der Waals surface area contributed by atoms with E-state index >= 15 is 0 Å². The van der Waals surface area contributed by atoms with Crippen molar-refractivity contribution in [2.24, 2.45) is 5.41 Å². The first kappa shape index (κ1) is 15.9. The molecule has 1 aliphatic heterocycles. The number of hydrogen-bond donors (Lipinski definition) is 1. The SMILES string of the molecule is CC1(C=N)CCN(Cc2ccc(Cc3ccccc3)cc2)CC1. The Hall–Kier alpha value is -1.93. The van der Waals surface area contributed by atoms with Crippen molar-refractivity contribution in [2.45, 2.75) is 32.7 Å². The summed E-state index contributed by atoms with van der Waals surface area (Å²) in [5, 5.41) is 7.55. The van der Waals surface area contributed by atoms with E-state index in [0.717, 1.165) is 38.9 Å². The van der Waals surface area contributed by atoms with Gasteiger partial charge < -0.3 is 5.41 Å². The molecule has 0 aromatic heterocycles. The zero-order valence-electron chi connectivity index (χ0n) is 14.0. The smallest absolute Gasteiger partial charge is 0.0233 e. The second-order valence-corrected chi connectivity index (χ2v) is 7.05. The number of nitrogens with one attached hydrogen (secondary N) is 1. The standard InChI is InChI=1S/C21H26N2/c1-21(17-22)11-13-23(14-12-21)16-20-9-7-19(8-10-20)15-18-5-3-2-4-6-18/h2-10,17,22H,11-16H2,1H3. The lowest BCUT2D eigenvalue weighted by molar-refractivity contribution is 0.159. The van der Waals surface area contributed by atoms with Gasteiger partial charge in [-0.25, -0.2) is 0 Å². The van der Waals surface area contributed by atoms with E-state index in [0.29, 0.717) is 0 Å². The monoisotopic (exact) mass is 306 g/mol. The Morgan fingerprint density at radius 1 is 0.913 bits per heavy atom. The van der Waals surface area contributed by atoms with Gasteiger partial charge >= 0.3 is 0 Å². The van der Waals surface area contributed by atoms with Crippen LogP contribution < -0.4 is 0 Å². The lowest BCUT2D eigenvalue weighted by Gasteiger charge is -2.36. The molecule has 23 heavy (non-hydrogen) atoms. The molecular weight excluding hydrogens is 280 g/mol. The molecule has 2 aromatic rings. The maximum atomic E-state index is 7.55. The van der Waals surface area contributed by atoms with Gasteiger partial charge in [-0.05, 0) is 49.0 Å². The highest BCUT2D eigenvalue weighted by molar-refractivity contribution is 5.61. The number of piperidine rings is 1. The summed E-state index contributed by atoms with van der Waals surface area (Å²) in [6.45, 7) is 5.42. The molecule has 2 heteroatoms. The largest absolute Gasteiger partial charge is 0.313 e. The van der Waals surface area contributed by atoms with Gasteiger partial charge in [0.05, 0.1) is 0 Å². The molecular formula is C21H26N2. The molecule has 0 amide bonds. The molecule has 120 valence electrons. The van der Waals surface area contributed by atoms with Gasteiger partial charge in [0.25, 0.3) is 0 Å². The molecule has 1 saturated heterocycles. The van der Waals surface area contributed by atoms with Crippen LogP contribution >= 0.6 is 0 Å². The highest BCUT2D eigenvalue weighted by Crippen LogP contribution is 2.29. The van der Waals surface area contributed by atoms with Crippen LogP contribution in [0.15, 0.2) is 54.6 Å². The summed E-state index contributed by atoms with van der Waals surface area (Å²) in [7, 11) is 0. The third-order valence-corrected chi connectivity index (χ3v) is 5.03. The van der Waals surface area contributed by atoms with Crippen LogP contribution in [0, 0.1) is 10.8 Å². The van der Waals surface area contributed by atoms with E-state index in [-0.39, 0.29) is 5.41 Å². The van der Waals surface area contributed by atoms with Crippen molar-refractivity contribution < 1.29 is 0 Å². The van der Waals surface area contributed by atoms with E-state index < -0.39 is 0 Å². The number of benzene rings is 2. The van der Waals surface area contributed by atoms with Crippen LogP contribution in [-0.2, 0) is 13.0 Å².